The third-order valence-corrected chi connectivity index (χ3v) is 8.55. The molecule has 3 aliphatic rings. The van der Waals surface area contributed by atoms with Gasteiger partial charge in [-0.15, -0.1) is 0 Å². The average Bonchev–Trinajstić information content (AvgIpc) is 3.52. The maximum atomic E-state index is 13.0. The average molecular weight is 579 g/mol. The van der Waals surface area contributed by atoms with E-state index in [1.807, 2.05) is 18.2 Å². The lowest BCUT2D eigenvalue weighted by Crippen LogP contribution is -2.26. The maximum absolute atomic E-state index is 13.0. The van der Waals surface area contributed by atoms with Crippen molar-refractivity contribution in [2.45, 2.75) is 42.7 Å². The molecule has 1 aromatic heterocycles. The first-order valence-electron chi connectivity index (χ1n) is 13.7. The molecule has 2 aliphatic heterocycles. The number of ether oxygens (including phenoxy) is 1. The number of hydrogen-bond acceptors (Lipinski definition) is 5. The Labute approximate surface area is 239 Å². The van der Waals surface area contributed by atoms with E-state index < -0.39 is 17.6 Å². The van der Waals surface area contributed by atoms with Gasteiger partial charge in [-0.25, -0.2) is 4.79 Å². The number of anilines is 1. The number of piperidine rings is 1. The van der Waals surface area contributed by atoms with E-state index >= 15 is 0 Å². The summed E-state index contributed by atoms with van der Waals surface area (Å²) in [5.41, 5.74) is 7.14. The van der Waals surface area contributed by atoms with Crippen LogP contribution in [0.4, 0.5) is 18.9 Å². The number of carboxylic acids is 1. The number of nitrogens with one attached hydrogen (secondary N) is 3. The Morgan fingerprint density at radius 1 is 1.02 bits per heavy atom. The number of H-pyrrole nitrogens is 1. The Hall–Kier alpha value is -4.38. The van der Waals surface area contributed by atoms with Crippen molar-refractivity contribution in [3.63, 3.8) is 0 Å². The van der Waals surface area contributed by atoms with E-state index in [1.165, 1.54) is 24.0 Å². The molecular formula is C31H29F3N4O4. The molecule has 3 aromatic carbocycles. The molecule has 0 bridgehead atoms. The van der Waals surface area contributed by atoms with Crippen molar-refractivity contribution in [2.75, 3.05) is 25.5 Å². The van der Waals surface area contributed by atoms with Gasteiger partial charge in [0.15, 0.2) is 0 Å². The van der Waals surface area contributed by atoms with Gasteiger partial charge in [0.2, 0.25) is 5.91 Å². The van der Waals surface area contributed by atoms with Gasteiger partial charge in [0.05, 0.1) is 23.7 Å². The van der Waals surface area contributed by atoms with Crippen LogP contribution in [-0.4, -0.2) is 53.6 Å². The lowest BCUT2D eigenvalue weighted by molar-refractivity contribution is -0.192. The number of rotatable bonds is 4. The molecule has 8 nitrogen and oxygen atoms in total. The number of benzene rings is 3. The Bertz CT molecular complexity index is 1660. The Morgan fingerprint density at radius 2 is 1.71 bits per heavy atom. The van der Waals surface area contributed by atoms with E-state index in [0.717, 1.165) is 58.7 Å². The van der Waals surface area contributed by atoms with Crippen LogP contribution in [0.5, 0.6) is 5.75 Å². The van der Waals surface area contributed by atoms with E-state index in [1.54, 1.807) is 7.11 Å². The molecule has 42 heavy (non-hydrogen) atoms. The molecule has 218 valence electrons. The van der Waals surface area contributed by atoms with Crippen molar-refractivity contribution in [3.8, 4) is 17.0 Å². The van der Waals surface area contributed by atoms with E-state index in [-0.39, 0.29) is 11.8 Å². The van der Waals surface area contributed by atoms with Crippen LogP contribution < -0.4 is 15.4 Å². The number of carbonyl (C=O) groups excluding carboxylic acids is 1. The molecule has 1 saturated heterocycles. The molecule has 4 N–H and O–H groups in total. The third kappa shape index (κ3) is 4.87. The standard InChI is InChI=1S/C29H28N4O2.C2HF3O2/c1-35-21-7-9-25-23(15-21)29(28(34)31-25)16-24(29)20-6-8-22-26(14-20)32-33-27(22)19-4-2-17(3-5-19)18-10-12-30-13-11-18;3-2(4,5)1(6)7/h2-9,14-15,18,24,30H,10-13,16H2,1H3,(H,31,34)(H,32,33);(H,6,7). The molecule has 0 radical (unpaired) electrons. The van der Waals surface area contributed by atoms with Crippen LogP contribution in [-0.2, 0) is 15.0 Å². The van der Waals surface area contributed by atoms with Crippen molar-refractivity contribution in [3.05, 3.63) is 77.4 Å². The Kier molecular flexibility index (Phi) is 6.92. The van der Waals surface area contributed by atoms with E-state index in [9.17, 15) is 18.0 Å². The van der Waals surface area contributed by atoms with E-state index in [2.05, 4.69) is 63.3 Å². The van der Waals surface area contributed by atoms with Crippen molar-refractivity contribution in [2.24, 2.45) is 0 Å². The molecule has 1 amide bonds. The zero-order chi connectivity index (χ0) is 29.6. The zero-order valence-corrected chi connectivity index (χ0v) is 22.7. The number of aromatic nitrogens is 2. The van der Waals surface area contributed by atoms with Crippen LogP contribution in [0.15, 0.2) is 60.7 Å². The molecule has 11 heteroatoms. The summed E-state index contributed by atoms with van der Waals surface area (Å²) >= 11 is 0. The predicted molar refractivity (Wildman–Crippen MR) is 151 cm³/mol. The fourth-order valence-corrected chi connectivity index (χ4v) is 6.24. The normalized spacial score (nSPS) is 21.4. The van der Waals surface area contributed by atoms with Crippen molar-refractivity contribution >= 4 is 28.5 Å². The number of halogens is 3. The largest absolute Gasteiger partial charge is 0.497 e. The van der Waals surface area contributed by atoms with E-state index in [0.29, 0.717) is 5.92 Å². The molecule has 7 rings (SSSR count). The van der Waals surface area contributed by atoms with Crippen LogP contribution in [0.1, 0.15) is 47.8 Å². The molecule has 4 aromatic rings. The van der Waals surface area contributed by atoms with Gasteiger partial charge in [-0.05, 0) is 79.2 Å². The third-order valence-electron chi connectivity index (χ3n) is 8.55. The second kappa shape index (κ2) is 10.5. The van der Waals surface area contributed by atoms with Gasteiger partial charge in [-0.2, -0.15) is 18.3 Å². The summed E-state index contributed by atoms with van der Waals surface area (Å²) in [7, 11) is 1.66. The number of amides is 1. The summed E-state index contributed by atoms with van der Waals surface area (Å²) in [5, 5.41) is 22.6. The second-order valence-corrected chi connectivity index (χ2v) is 10.9. The fourth-order valence-electron chi connectivity index (χ4n) is 6.24. The van der Waals surface area contributed by atoms with Crippen LogP contribution in [0.25, 0.3) is 22.2 Å². The minimum absolute atomic E-state index is 0.0880. The molecule has 1 saturated carbocycles. The van der Waals surface area contributed by atoms with Crippen LogP contribution in [0, 0.1) is 0 Å². The predicted octanol–water partition coefficient (Wildman–Crippen LogP) is 5.72. The van der Waals surface area contributed by atoms with Crippen LogP contribution >= 0.6 is 0 Å². The highest BCUT2D eigenvalue weighted by Crippen LogP contribution is 2.65. The first-order valence-corrected chi connectivity index (χ1v) is 13.7. The first kappa shape index (κ1) is 27.8. The summed E-state index contributed by atoms with van der Waals surface area (Å²) < 4.78 is 37.2. The first-order chi connectivity index (χ1) is 20.1. The molecule has 2 unspecified atom stereocenters. The van der Waals surface area contributed by atoms with Crippen LogP contribution in [0.3, 0.4) is 0 Å². The zero-order valence-electron chi connectivity index (χ0n) is 22.7. The van der Waals surface area contributed by atoms with Gasteiger partial charge in [-0.3, -0.25) is 9.89 Å². The van der Waals surface area contributed by atoms with Gasteiger partial charge in [0.25, 0.3) is 0 Å². The number of aliphatic carboxylic acids is 1. The monoisotopic (exact) mass is 578 g/mol. The molecule has 3 heterocycles. The van der Waals surface area contributed by atoms with Gasteiger partial charge in [0.1, 0.15) is 5.75 Å². The number of carbonyl (C=O) groups is 2. The molecular weight excluding hydrogens is 549 g/mol. The number of carboxylic acid groups (broad SMARTS) is 1. The van der Waals surface area contributed by atoms with Crippen molar-refractivity contribution in [1.82, 2.24) is 15.5 Å². The number of nitrogens with zero attached hydrogens (tertiary/aromatic N) is 1. The SMILES string of the molecule is COc1ccc2c(c1)C1(CC1c1ccc3c(-c4ccc(C5CCNCC5)cc4)n[nH]c3c1)C(=O)N2.O=C(O)C(F)(F)F. The number of hydrogen-bond donors (Lipinski definition) is 4. The van der Waals surface area contributed by atoms with Gasteiger partial charge in [-0.1, -0.05) is 36.4 Å². The quantitative estimate of drug-likeness (QED) is 0.246. The minimum Gasteiger partial charge on any atom is -0.497 e. The fraction of sp³-hybridized carbons (Fsp3) is 0.323. The van der Waals surface area contributed by atoms with Crippen molar-refractivity contribution in [1.29, 1.82) is 0 Å². The number of alkyl halides is 3. The lowest BCUT2D eigenvalue weighted by Gasteiger charge is -2.23. The smallest absolute Gasteiger partial charge is 0.490 e. The minimum atomic E-state index is -5.08. The Balaban J connectivity index is 0.000000405. The highest BCUT2D eigenvalue weighted by atomic mass is 19.4. The van der Waals surface area contributed by atoms with Crippen molar-refractivity contribution < 1.29 is 32.6 Å². The highest BCUT2D eigenvalue weighted by Gasteiger charge is 2.65. The molecule has 2 atom stereocenters. The topological polar surface area (TPSA) is 116 Å². The summed E-state index contributed by atoms with van der Waals surface area (Å²) in [6.45, 7) is 2.20. The van der Waals surface area contributed by atoms with Gasteiger partial charge in [0, 0.05) is 22.6 Å². The Morgan fingerprint density at radius 3 is 2.38 bits per heavy atom. The van der Waals surface area contributed by atoms with Gasteiger partial charge >= 0.3 is 12.1 Å². The molecule has 1 aliphatic carbocycles. The van der Waals surface area contributed by atoms with Crippen LogP contribution in [0.2, 0.25) is 0 Å². The van der Waals surface area contributed by atoms with E-state index in [4.69, 9.17) is 14.6 Å². The summed E-state index contributed by atoms with van der Waals surface area (Å²) in [6.07, 6.45) is -1.87. The molecule has 2 fully saturated rings. The highest BCUT2D eigenvalue weighted by molar-refractivity contribution is 6.10. The second-order valence-electron chi connectivity index (χ2n) is 10.9. The summed E-state index contributed by atoms with van der Waals surface area (Å²) in [4.78, 5) is 21.9. The number of fused-ring (bicyclic) bond motifs is 3. The maximum Gasteiger partial charge on any atom is 0.490 e. The summed E-state index contributed by atoms with van der Waals surface area (Å²) in [5.74, 6) is -1.09. The molecule has 1 spiro atoms. The number of aromatic amines is 1. The lowest BCUT2D eigenvalue weighted by atomic mass is 9.89. The summed E-state index contributed by atoms with van der Waals surface area (Å²) in [6, 6.07) is 21.2. The number of methoxy groups -OCH3 is 1. The van der Waals surface area contributed by atoms with Gasteiger partial charge < -0.3 is 20.5 Å².